The van der Waals surface area contributed by atoms with Crippen molar-refractivity contribution < 1.29 is 29.0 Å². The molecular weight excluding hydrogens is 572 g/mol. The number of amides is 2. The van der Waals surface area contributed by atoms with Crippen molar-refractivity contribution in [1.82, 2.24) is 20.5 Å². The van der Waals surface area contributed by atoms with Crippen molar-refractivity contribution in [2.24, 2.45) is 11.8 Å². The quantitative estimate of drug-likeness (QED) is 0.302. The number of ketones is 1. The molecule has 0 saturated carbocycles. The van der Waals surface area contributed by atoms with E-state index in [0.717, 1.165) is 38.8 Å². The number of Topliss-reactive ketones (excluding diaryl/α,β-unsaturated/α-hetero) is 1. The van der Waals surface area contributed by atoms with Crippen LogP contribution in [0.25, 0.3) is 0 Å². The van der Waals surface area contributed by atoms with Gasteiger partial charge in [0.15, 0.2) is 0 Å². The minimum absolute atomic E-state index is 0.0561. The second-order valence-electron chi connectivity index (χ2n) is 13.5. The number of ether oxygens (including phenoxy) is 1. The molecule has 45 heavy (non-hydrogen) atoms. The van der Waals surface area contributed by atoms with Gasteiger partial charge in [-0.1, -0.05) is 18.2 Å². The fourth-order valence-electron chi connectivity index (χ4n) is 6.14. The first-order valence-electron chi connectivity index (χ1n) is 16.2. The van der Waals surface area contributed by atoms with Crippen molar-refractivity contribution in [2.45, 2.75) is 90.2 Å². The number of phenols is 1. The zero-order chi connectivity index (χ0) is 32.4. The topological polar surface area (TPSA) is 138 Å². The van der Waals surface area contributed by atoms with E-state index in [9.17, 15) is 24.3 Å². The number of pyridine rings is 1. The molecule has 2 aromatic rings. The van der Waals surface area contributed by atoms with Crippen molar-refractivity contribution in [1.29, 1.82) is 0 Å². The Bertz CT molecular complexity index is 1330. The van der Waals surface area contributed by atoms with E-state index in [-0.39, 0.29) is 48.5 Å². The standard InChI is InChI=1S/C35H48N4O6/c1-35(2,3)45-33(43)20-31(28-16-26(21-37-22-28)19-30(41)18-25-6-4-8-29(40)17-25)38-34(44)27-7-5-15-39(23-27)32(42)10-9-24-11-13-36-14-12-24/h4,6,8,16-17,21-22,24,27,31,36,40H,5,7,9-15,18-20,23H2,1-3H3,(H,38,44)/t27-,31?/m1/s1. The van der Waals surface area contributed by atoms with E-state index in [2.05, 4.69) is 15.6 Å². The molecule has 2 aliphatic heterocycles. The highest BCUT2D eigenvalue weighted by molar-refractivity contribution is 5.84. The maximum atomic E-state index is 13.6. The number of likely N-dealkylation sites (tertiary alicyclic amines) is 1. The number of carbonyl (C=O) groups excluding carboxylic acids is 4. The molecule has 1 aromatic carbocycles. The second-order valence-corrected chi connectivity index (χ2v) is 13.5. The summed E-state index contributed by atoms with van der Waals surface area (Å²) >= 11 is 0. The molecule has 2 fully saturated rings. The Morgan fingerprint density at radius 1 is 1.07 bits per heavy atom. The number of aromatic hydroxyl groups is 1. The molecular formula is C35H48N4O6. The summed E-state index contributed by atoms with van der Waals surface area (Å²) in [6, 6.07) is 7.67. The fourth-order valence-corrected chi connectivity index (χ4v) is 6.14. The van der Waals surface area contributed by atoms with Gasteiger partial charge in [-0.05, 0) is 101 Å². The average Bonchev–Trinajstić information content (AvgIpc) is 2.99. The van der Waals surface area contributed by atoms with Crippen molar-refractivity contribution in [3.8, 4) is 5.75 Å². The van der Waals surface area contributed by atoms with E-state index in [1.165, 1.54) is 0 Å². The number of rotatable bonds is 12. The Kier molecular flexibility index (Phi) is 12.1. The van der Waals surface area contributed by atoms with E-state index in [0.29, 0.717) is 48.5 Å². The summed E-state index contributed by atoms with van der Waals surface area (Å²) < 4.78 is 5.57. The van der Waals surface area contributed by atoms with Crippen LogP contribution >= 0.6 is 0 Å². The Morgan fingerprint density at radius 2 is 1.82 bits per heavy atom. The number of nitrogens with zero attached hydrogens (tertiary/aromatic N) is 2. The van der Waals surface area contributed by atoms with Crippen molar-refractivity contribution in [2.75, 3.05) is 26.2 Å². The summed E-state index contributed by atoms with van der Waals surface area (Å²) in [4.78, 5) is 58.5. The molecule has 10 nitrogen and oxygen atoms in total. The van der Waals surface area contributed by atoms with E-state index in [4.69, 9.17) is 4.74 Å². The smallest absolute Gasteiger partial charge is 0.308 e. The Morgan fingerprint density at radius 3 is 2.56 bits per heavy atom. The van der Waals surface area contributed by atoms with Crippen LogP contribution in [0, 0.1) is 11.8 Å². The number of hydrogen-bond donors (Lipinski definition) is 3. The normalized spacial score (nSPS) is 18.2. The number of aromatic nitrogens is 1. The first-order valence-corrected chi connectivity index (χ1v) is 16.2. The fraction of sp³-hybridized carbons (Fsp3) is 0.571. The first kappa shape index (κ1) is 34.1. The highest BCUT2D eigenvalue weighted by Gasteiger charge is 2.31. The minimum Gasteiger partial charge on any atom is -0.508 e. The van der Waals surface area contributed by atoms with Gasteiger partial charge in [-0.2, -0.15) is 0 Å². The highest BCUT2D eigenvalue weighted by Crippen LogP contribution is 2.25. The van der Waals surface area contributed by atoms with Gasteiger partial charge >= 0.3 is 5.97 Å². The predicted octanol–water partition coefficient (Wildman–Crippen LogP) is 4.05. The lowest BCUT2D eigenvalue weighted by Gasteiger charge is -2.33. The number of esters is 1. The number of piperidine rings is 2. The van der Waals surface area contributed by atoms with E-state index in [1.54, 1.807) is 63.5 Å². The van der Waals surface area contributed by atoms with Crippen molar-refractivity contribution >= 4 is 23.6 Å². The number of benzene rings is 1. The van der Waals surface area contributed by atoms with Gasteiger partial charge in [0.05, 0.1) is 18.4 Å². The number of hydrogen-bond acceptors (Lipinski definition) is 8. The SMILES string of the molecule is CC(C)(C)OC(=O)CC(NC(=O)[C@@H]1CCCN(C(=O)CCC2CCNCC2)C1)c1cncc(CC(=O)Cc2cccc(O)c2)c1. The molecule has 0 bridgehead atoms. The molecule has 1 aromatic heterocycles. The van der Waals surface area contributed by atoms with Crippen LogP contribution in [-0.2, 0) is 36.8 Å². The summed E-state index contributed by atoms with van der Waals surface area (Å²) in [6.07, 6.45) is 8.34. The lowest BCUT2D eigenvalue weighted by molar-refractivity contribution is -0.155. The maximum absolute atomic E-state index is 13.6. The van der Waals surface area contributed by atoms with E-state index >= 15 is 0 Å². The van der Waals surface area contributed by atoms with Crippen LogP contribution in [0.1, 0.15) is 88.4 Å². The second kappa shape index (κ2) is 16.0. The highest BCUT2D eigenvalue weighted by atomic mass is 16.6. The Balaban J connectivity index is 1.41. The molecule has 3 N–H and O–H groups in total. The molecule has 10 heteroatoms. The third kappa shape index (κ3) is 11.3. The van der Waals surface area contributed by atoms with Crippen molar-refractivity contribution in [3.63, 3.8) is 0 Å². The molecule has 3 heterocycles. The Hall–Kier alpha value is -3.79. The van der Waals surface area contributed by atoms with Crippen molar-refractivity contribution in [3.05, 3.63) is 59.4 Å². The number of nitrogens with one attached hydrogen (secondary N) is 2. The lowest BCUT2D eigenvalue weighted by Crippen LogP contribution is -2.46. The van der Waals surface area contributed by atoms with Gasteiger partial charge in [-0.25, -0.2) is 0 Å². The summed E-state index contributed by atoms with van der Waals surface area (Å²) in [6.45, 7) is 8.38. The van der Waals surface area contributed by atoms with Gasteiger partial charge < -0.3 is 25.4 Å². The predicted molar refractivity (Wildman–Crippen MR) is 170 cm³/mol. The zero-order valence-corrected chi connectivity index (χ0v) is 26.8. The summed E-state index contributed by atoms with van der Waals surface area (Å²) in [7, 11) is 0. The van der Waals surface area contributed by atoms with Gasteiger partial charge in [-0.3, -0.25) is 24.2 Å². The molecule has 4 rings (SSSR count). The van der Waals surface area contributed by atoms with E-state index < -0.39 is 17.6 Å². The zero-order valence-electron chi connectivity index (χ0n) is 26.8. The molecule has 0 aliphatic carbocycles. The minimum atomic E-state index is -0.716. The molecule has 2 saturated heterocycles. The van der Waals surface area contributed by atoms with Gasteiger partial charge in [0.1, 0.15) is 17.1 Å². The first-order chi connectivity index (χ1) is 21.4. The van der Waals surface area contributed by atoms with Crippen LogP contribution < -0.4 is 10.6 Å². The maximum Gasteiger partial charge on any atom is 0.308 e. The van der Waals surface area contributed by atoms with Crippen LogP contribution in [0.2, 0.25) is 0 Å². The van der Waals surface area contributed by atoms with Gasteiger partial charge in [0, 0.05) is 44.7 Å². The summed E-state index contributed by atoms with van der Waals surface area (Å²) in [5.74, 6) is -0.349. The molecule has 1 unspecified atom stereocenters. The number of phenolic OH excluding ortho intramolecular Hbond substituents is 1. The van der Waals surface area contributed by atoms with E-state index in [1.807, 2.05) is 4.90 Å². The molecule has 2 amide bonds. The molecule has 2 atom stereocenters. The van der Waals surface area contributed by atoms with Crippen LogP contribution in [-0.4, -0.2) is 70.3 Å². The van der Waals surface area contributed by atoms with Crippen LogP contribution in [0.5, 0.6) is 5.75 Å². The van der Waals surface area contributed by atoms with Crippen LogP contribution in [0.4, 0.5) is 0 Å². The van der Waals surface area contributed by atoms with Gasteiger partial charge in [0.25, 0.3) is 0 Å². The number of carbonyl (C=O) groups is 4. The van der Waals surface area contributed by atoms with Crippen LogP contribution in [0.15, 0.2) is 42.7 Å². The Labute approximate surface area is 266 Å². The van der Waals surface area contributed by atoms with Gasteiger partial charge in [0.2, 0.25) is 11.8 Å². The van der Waals surface area contributed by atoms with Gasteiger partial charge in [-0.15, -0.1) is 0 Å². The third-order valence-electron chi connectivity index (χ3n) is 8.41. The molecule has 2 aliphatic rings. The molecule has 0 radical (unpaired) electrons. The lowest BCUT2D eigenvalue weighted by atomic mass is 9.92. The summed E-state index contributed by atoms with van der Waals surface area (Å²) in [5, 5.41) is 16.1. The van der Waals surface area contributed by atoms with Crippen LogP contribution in [0.3, 0.4) is 0 Å². The summed E-state index contributed by atoms with van der Waals surface area (Å²) in [5.41, 5.74) is 1.28. The molecule has 0 spiro atoms. The largest absolute Gasteiger partial charge is 0.508 e. The average molecular weight is 621 g/mol. The third-order valence-corrected chi connectivity index (χ3v) is 8.41. The molecule has 244 valence electrons. The monoisotopic (exact) mass is 620 g/mol.